The highest BCUT2D eigenvalue weighted by Gasteiger charge is 2.33. The highest BCUT2D eigenvalue weighted by atomic mass is 16.5. The van der Waals surface area contributed by atoms with Gasteiger partial charge in [0.2, 0.25) is 0 Å². The third-order valence-electron chi connectivity index (χ3n) is 4.52. The molecule has 1 aliphatic heterocycles. The summed E-state index contributed by atoms with van der Waals surface area (Å²) in [5.74, 6) is 2.69. The summed E-state index contributed by atoms with van der Waals surface area (Å²) in [5.41, 5.74) is 8.36. The molecule has 4 heteroatoms. The zero-order valence-electron chi connectivity index (χ0n) is 13.8. The van der Waals surface area contributed by atoms with Crippen LogP contribution in [0, 0.1) is 5.92 Å². The molecule has 2 unspecified atom stereocenters. The maximum Gasteiger partial charge on any atom is 0.165 e. The number of nitrogens with two attached hydrogens (primary N) is 1. The van der Waals surface area contributed by atoms with E-state index in [-0.39, 0.29) is 0 Å². The first kappa shape index (κ1) is 16.1. The van der Waals surface area contributed by atoms with Gasteiger partial charge in [0.05, 0.1) is 14.2 Å². The molecule has 0 bridgehead atoms. The van der Waals surface area contributed by atoms with Gasteiger partial charge in [0.25, 0.3) is 0 Å². The Morgan fingerprint density at radius 1 is 1.29 bits per heavy atom. The highest BCUT2D eigenvalue weighted by molar-refractivity contribution is 5.51. The smallest absolute Gasteiger partial charge is 0.165 e. The molecule has 118 valence electrons. The number of rotatable bonds is 5. The molecule has 2 rings (SSSR count). The quantitative estimate of drug-likeness (QED) is 0.906. The van der Waals surface area contributed by atoms with Gasteiger partial charge < -0.3 is 15.2 Å². The first-order valence-electron chi connectivity index (χ1n) is 7.67. The second-order valence-corrected chi connectivity index (χ2v) is 6.29. The third-order valence-corrected chi connectivity index (χ3v) is 4.52. The molecule has 0 spiro atoms. The topological polar surface area (TPSA) is 47.7 Å². The summed E-state index contributed by atoms with van der Waals surface area (Å²) in [6, 6.07) is 4.70. The summed E-state index contributed by atoms with van der Waals surface area (Å²) < 4.78 is 11.2. The Balaban J connectivity index is 2.47. The predicted molar refractivity (Wildman–Crippen MR) is 86.2 cm³/mol. The van der Waals surface area contributed by atoms with Gasteiger partial charge in [-0.15, -0.1) is 0 Å². The molecule has 0 aromatic heterocycles. The average molecular weight is 292 g/mol. The summed E-state index contributed by atoms with van der Waals surface area (Å²) in [4.78, 5) is 2.37. The lowest BCUT2D eigenvalue weighted by Gasteiger charge is -2.24. The van der Waals surface area contributed by atoms with E-state index in [1.807, 2.05) is 0 Å². The molecule has 1 aliphatic rings. The molecule has 0 amide bonds. The van der Waals surface area contributed by atoms with Crippen LogP contribution in [0.25, 0.3) is 0 Å². The zero-order valence-corrected chi connectivity index (χ0v) is 13.8. The van der Waals surface area contributed by atoms with Gasteiger partial charge in [-0.05, 0) is 49.5 Å². The van der Waals surface area contributed by atoms with Crippen LogP contribution >= 0.6 is 0 Å². The first-order chi connectivity index (χ1) is 10.0. The summed E-state index contributed by atoms with van der Waals surface area (Å²) in [6.45, 7) is 6.18. The molecule has 1 aromatic carbocycles. The number of likely N-dealkylation sites (tertiary alicyclic amines) is 1. The van der Waals surface area contributed by atoms with Crippen molar-refractivity contribution in [2.24, 2.45) is 11.7 Å². The van der Waals surface area contributed by atoms with Crippen molar-refractivity contribution in [2.45, 2.75) is 32.2 Å². The summed E-state index contributed by atoms with van der Waals surface area (Å²) in [7, 11) is 5.58. The minimum Gasteiger partial charge on any atom is -0.493 e. The van der Waals surface area contributed by atoms with E-state index in [1.54, 1.807) is 14.2 Å². The van der Waals surface area contributed by atoms with Crippen LogP contribution in [-0.4, -0.2) is 39.3 Å². The lowest BCUT2D eigenvalue weighted by molar-refractivity contribution is 0.295. The molecule has 1 fully saturated rings. The van der Waals surface area contributed by atoms with Crippen molar-refractivity contribution in [3.8, 4) is 11.5 Å². The molecule has 0 radical (unpaired) electrons. The van der Waals surface area contributed by atoms with Crippen molar-refractivity contribution in [1.29, 1.82) is 0 Å². The van der Waals surface area contributed by atoms with E-state index >= 15 is 0 Å². The van der Waals surface area contributed by atoms with E-state index in [2.05, 4.69) is 37.9 Å². The van der Waals surface area contributed by atoms with Gasteiger partial charge in [-0.1, -0.05) is 13.8 Å². The molecule has 0 aliphatic carbocycles. The SMILES string of the molecule is COc1cc(C(C)C)cc(C2CC(CN)CN2C)c1OC. The van der Waals surface area contributed by atoms with Crippen LogP contribution in [0.4, 0.5) is 0 Å². The van der Waals surface area contributed by atoms with E-state index in [0.29, 0.717) is 17.9 Å². The van der Waals surface area contributed by atoms with Crippen molar-refractivity contribution in [2.75, 3.05) is 34.4 Å². The average Bonchev–Trinajstić information content (AvgIpc) is 2.86. The maximum absolute atomic E-state index is 5.86. The second kappa shape index (κ2) is 6.67. The van der Waals surface area contributed by atoms with E-state index in [4.69, 9.17) is 15.2 Å². The van der Waals surface area contributed by atoms with Crippen LogP contribution in [0.1, 0.15) is 43.4 Å². The molecule has 4 nitrogen and oxygen atoms in total. The Labute approximate surface area is 128 Å². The Bertz CT molecular complexity index is 488. The Hall–Kier alpha value is -1.26. The van der Waals surface area contributed by atoms with Crippen LogP contribution in [0.5, 0.6) is 11.5 Å². The molecular weight excluding hydrogens is 264 g/mol. The number of hydrogen-bond acceptors (Lipinski definition) is 4. The second-order valence-electron chi connectivity index (χ2n) is 6.29. The van der Waals surface area contributed by atoms with E-state index in [1.165, 1.54) is 11.1 Å². The fraction of sp³-hybridized carbons (Fsp3) is 0.647. The van der Waals surface area contributed by atoms with Crippen LogP contribution in [0.15, 0.2) is 12.1 Å². The fourth-order valence-electron chi connectivity index (χ4n) is 3.24. The lowest BCUT2D eigenvalue weighted by Crippen LogP contribution is -2.21. The lowest BCUT2D eigenvalue weighted by atomic mass is 9.93. The molecule has 0 saturated carbocycles. The predicted octanol–water partition coefficient (Wildman–Crippen LogP) is 2.78. The molecule has 1 aromatic rings. The van der Waals surface area contributed by atoms with Gasteiger partial charge in [-0.3, -0.25) is 4.90 Å². The van der Waals surface area contributed by atoms with E-state index in [9.17, 15) is 0 Å². The van der Waals surface area contributed by atoms with Gasteiger partial charge >= 0.3 is 0 Å². The fourth-order valence-corrected chi connectivity index (χ4v) is 3.24. The van der Waals surface area contributed by atoms with Crippen molar-refractivity contribution in [3.63, 3.8) is 0 Å². The van der Waals surface area contributed by atoms with Gasteiger partial charge in [-0.25, -0.2) is 0 Å². The first-order valence-corrected chi connectivity index (χ1v) is 7.67. The largest absolute Gasteiger partial charge is 0.493 e. The van der Waals surface area contributed by atoms with Gasteiger partial charge in [-0.2, -0.15) is 0 Å². The third kappa shape index (κ3) is 3.16. The summed E-state index contributed by atoms with van der Waals surface area (Å²) in [6.07, 6.45) is 1.08. The standard InChI is InChI=1S/C17H28N2O2/c1-11(2)13-7-14(17(21-5)16(8-13)20-4)15-6-12(9-18)10-19(15)3/h7-8,11-12,15H,6,9-10,18H2,1-5H3. The highest BCUT2D eigenvalue weighted by Crippen LogP contribution is 2.44. The number of ether oxygens (including phenoxy) is 2. The van der Waals surface area contributed by atoms with Crippen molar-refractivity contribution >= 4 is 0 Å². The van der Waals surface area contributed by atoms with Crippen LogP contribution in [-0.2, 0) is 0 Å². The number of nitrogens with zero attached hydrogens (tertiary/aromatic N) is 1. The van der Waals surface area contributed by atoms with Crippen LogP contribution in [0.3, 0.4) is 0 Å². The number of hydrogen-bond donors (Lipinski definition) is 1. The van der Waals surface area contributed by atoms with E-state index < -0.39 is 0 Å². The summed E-state index contributed by atoms with van der Waals surface area (Å²) in [5, 5.41) is 0. The molecule has 1 heterocycles. The molecule has 2 N–H and O–H groups in total. The molecule has 1 saturated heterocycles. The zero-order chi connectivity index (χ0) is 15.6. The van der Waals surface area contributed by atoms with Gasteiger partial charge in [0, 0.05) is 18.2 Å². The normalized spacial score (nSPS) is 22.8. The molecule has 2 atom stereocenters. The number of methoxy groups -OCH3 is 2. The van der Waals surface area contributed by atoms with Crippen molar-refractivity contribution in [1.82, 2.24) is 4.90 Å². The Morgan fingerprint density at radius 2 is 2.00 bits per heavy atom. The number of benzene rings is 1. The Kier molecular flexibility index (Phi) is 5.12. The van der Waals surface area contributed by atoms with Crippen LogP contribution < -0.4 is 15.2 Å². The van der Waals surface area contributed by atoms with Crippen molar-refractivity contribution < 1.29 is 9.47 Å². The van der Waals surface area contributed by atoms with Gasteiger partial charge in [0.15, 0.2) is 11.5 Å². The summed E-state index contributed by atoms with van der Waals surface area (Å²) >= 11 is 0. The van der Waals surface area contributed by atoms with E-state index in [0.717, 1.165) is 31.0 Å². The van der Waals surface area contributed by atoms with Crippen molar-refractivity contribution in [3.05, 3.63) is 23.3 Å². The maximum atomic E-state index is 5.86. The monoisotopic (exact) mass is 292 g/mol. The molecular formula is C17H28N2O2. The van der Waals surface area contributed by atoms with Gasteiger partial charge in [0.1, 0.15) is 0 Å². The van der Waals surface area contributed by atoms with Crippen LogP contribution in [0.2, 0.25) is 0 Å². The minimum atomic E-state index is 0.348. The minimum absolute atomic E-state index is 0.348. The Morgan fingerprint density at radius 3 is 2.48 bits per heavy atom. The molecule has 21 heavy (non-hydrogen) atoms.